The molecular weight excluding hydrogens is 200 g/mol. The smallest absolute Gasteiger partial charge is 0.148 e. The standard InChI is InChI=1S/C13H18N2O/c16-13-8-3-1-2-5-11-6-4-7-12(9-11)15-14-10-13/h4,6-7,9,14-15H,1-3,5,8,10H2. The summed E-state index contributed by atoms with van der Waals surface area (Å²) in [4.78, 5) is 11.4. The Hall–Kier alpha value is -1.35. The molecule has 1 heterocycles. The minimum absolute atomic E-state index is 0.282. The number of nitrogens with one attached hydrogen (secondary N) is 2. The highest BCUT2D eigenvalue weighted by atomic mass is 16.1. The lowest BCUT2D eigenvalue weighted by Gasteiger charge is -2.11. The maximum atomic E-state index is 11.4. The molecule has 0 radical (unpaired) electrons. The van der Waals surface area contributed by atoms with Gasteiger partial charge in [-0.05, 0) is 37.0 Å². The van der Waals surface area contributed by atoms with Crippen molar-refractivity contribution in [1.82, 2.24) is 5.43 Å². The molecule has 0 atom stereocenters. The average Bonchev–Trinajstić information content (AvgIpc) is 2.28. The number of aryl methyl sites for hydroxylation is 1. The van der Waals surface area contributed by atoms with Crippen LogP contribution in [0, 0.1) is 0 Å². The summed E-state index contributed by atoms with van der Waals surface area (Å²) >= 11 is 0. The Morgan fingerprint density at radius 1 is 1.06 bits per heavy atom. The number of rotatable bonds is 0. The number of anilines is 1. The van der Waals surface area contributed by atoms with Gasteiger partial charge < -0.3 is 5.43 Å². The van der Waals surface area contributed by atoms with E-state index in [9.17, 15) is 4.79 Å². The number of ketones is 1. The van der Waals surface area contributed by atoms with Crippen LogP contribution in [-0.2, 0) is 11.2 Å². The zero-order valence-electron chi connectivity index (χ0n) is 9.46. The highest BCUT2D eigenvalue weighted by molar-refractivity contribution is 5.80. The lowest BCUT2D eigenvalue weighted by atomic mass is 10.0. The van der Waals surface area contributed by atoms with Crippen LogP contribution in [0.3, 0.4) is 0 Å². The van der Waals surface area contributed by atoms with E-state index in [0.717, 1.165) is 24.9 Å². The van der Waals surface area contributed by atoms with E-state index in [1.807, 2.05) is 12.1 Å². The molecule has 86 valence electrons. The zero-order chi connectivity index (χ0) is 11.2. The molecule has 3 nitrogen and oxygen atoms in total. The van der Waals surface area contributed by atoms with Crippen LogP contribution in [0.2, 0.25) is 0 Å². The molecule has 2 N–H and O–H groups in total. The van der Waals surface area contributed by atoms with Crippen molar-refractivity contribution >= 4 is 11.5 Å². The molecule has 2 rings (SSSR count). The SMILES string of the molecule is O=C1CCCCCc2cccc(c2)NNC1. The van der Waals surface area contributed by atoms with Crippen molar-refractivity contribution in [3.8, 4) is 0 Å². The fourth-order valence-corrected chi connectivity index (χ4v) is 1.97. The van der Waals surface area contributed by atoms with Crippen molar-refractivity contribution in [3.63, 3.8) is 0 Å². The van der Waals surface area contributed by atoms with Gasteiger partial charge >= 0.3 is 0 Å². The summed E-state index contributed by atoms with van der Waals surface area (Å²) in [6, 6.07) is 8.35. The molecule has 3 heteroatoms. The van der Waals surface area contributed by atoms with E-state index in [4.69, 9.17) is 0 Å². The minimum Gasteiger partial charge on any atom is -0.321 e. The average molecular weight is 218 g/mol. The number of Topliss-reactive ketones (excluding diaryl/α,β-unsaturated/α-hetero) is 1. The van der Waals surface area contributed by atoms with E-state index in [1.165, 1.54) is 12.0 Å². The highest BCUT2D eigenvalue weighted by Gasteiger charge is 2.03. The molecule has 0 saturated carbocycles. The van der Waals surface area contributed by atoms with Crippen LogP contribution >= 0.6 is 0 Å². The second kappa shape index (κ2) is 5.66. The Bertz CT molecular complexity index is 363. The molecule has 0 saturated heterocycles. The Labute approximate surface area is 96.2 Å². The molecule has 1 aliphatic heterocycles. The summed E-state index contributed by atoms with van der Waals surface area (Å²) in [7, 11) is 0. The predicted octanol–water partition coefficient (Wildman–Crippen LogP) is 2.29. The monoisotopic (exact) mass is 218 g/mol. The Morgan fingerprint density at radius 2 is 1.94 bits per heavy atom. The van der Waals surface area contributed by atoms with E-state index in [1.54, 1.807) is 0 Å². The van der Waals surface area contributed by atoms with Gasteiger partial charge in [-0.3, -0.25) is 4.79 Å². The molecule has 0 fully saturated rings. The van der Waals surface area contributed by atoms with E-state index in [0.29, 0.717) is 13.0 Å². The van der Waals surface area contributed by atoms with Crippen molar-refractivity contribution in [2.75, 3.05) is 12.0 Å². The Kier molecular flexibility index (Phi) is 3.94. The fourth-order valence-electron chi connectivity index (χ4n) is 1.97. The van der Waals surface area contributed by atoms with Crippen LogP contribution in [0.15, 0.2) is 24.3 Å². The quantitative estimate of drug-likeness (QED) is 0.702. The molecule has 0 aromatic heterocycles. The molecule has 1 aliphatic rings. The molecule has 16 heavy (non-hydrogen) atoms. The summed E-state index contributed by atoms with van der Waals surface area (Å²) in [6.45, 7) is 0.407. The van der Waals surface area contributed by atoms with Crippen LogP contribution in [0.5, 0.6) is 0 Å². The van der Waals surface area contributed by atoms with Crippen LogP contribution in [0.4, 0.5) is 5.69 Å². The second-order valence-electron chi connectivity index (χ2n) is 4.28. The third-order valence-electron chi connectivity index (χ3n) is 2.87. The van der Waals surface area contributed by atoms with Crippen molar-refractivity contribution in [2.24, 2.45) is 0 Å². The van der Waals surface area contributed by atoms with Gasteiger partial charge in [-0.2, -0.15) is 0 Å². The number of carbonyl (C=O) groups is 1. The van der Waals surface area contributed by atoms with Gasteiger partial charge in [0.1, 0.15) is 5.78 Å². The number of fused-ring (bicyclic) bond motifs is 2. The third kappa shape index (κ3) is 3.35. The van der Waals surface area contributed by atoms with Gasteiger partial charge in [0.25, 0.3) is 0 Å². The van der Waals surface area contributed by atoms with Crippen molar-refractivity contribution < 1.29 is 4.79 Å². The minimum atomic E-state index is 0.282. The Balaban J connectivity index is 2.04. The maximum absolute atomic E-state index is 11.4. The molecule has 0 amide bonds. The van der Waals surface area contributed by atoms with Crippen LogP contribution < -0.4 is 10.9 Å². The van der Waals surface area contributed by atoms with Gasteiger partial charge in [-0.25, -0.2) is 5.43 Å². The first kappa shape index (κ1) is 11.1. The van der Waals surface area contributed by atoms with Gasteiger partial charge in [0, 0.05) is 12.1 Å². The number of carbonyl (C=O) groups excluding carboxylic acids is 1. The van der Waals surface area contributed by atoms with E-state index in [2.05, 4.69) is 23.0 Å². The van der Waals surface area contributed by atoms with E-state index < -0.39 is 0 Å². The summed E-state index contributed by atoms with van der Waals surface area (Å²) in [6.07, 6.45) is 5.13. The van der Waals surface area contributed by atoms with Crippen molar-refractivity contribution in [3.05, 3.63) is 29.8 Å². The Morgan fingerprint density at radius 3 is 2.88 bits per heavy atom. The summed E-state index contributed by atoms with van der Waals surface area (Å²) < 4.78 is 0. The molecule has 0 unspecified atom stereocenters. The number of benzene rings is 1. The third-order valence-corrected chi connectivity index (χ3v) is 2.87. The fraction of sp³-hybridized carbons (Fsp3) is 0.462. The largest absolute Gasteiger partial charge is 0.321 e. The topological polar surface area (TPSA) is 41.1 Å². The van der Waals surface area contributed by atoms with Crippen molar-refractivity contribution in [2.45, 2.75) is 32.1 Å². The van der Waals surface area contributed by atoms with Crippen LogP contribution in [0.1, 0.15) is 31.2 Å². The lowest BCUT2D eigenvalue weighted by molar-refractivity contribution is -0.118. The maximum Gasteiger partial charge on any atom is 0.148 e. The number of hydrazine groups is 1. The van der Waals surface area contributed by atoms with Gasteiger partial charge in [0.15, 0.2) is 0 Å². The molecule has 1 aromatic carbocycles. The zero-order valence-corrected chi connectivity index (χ0v) is 9.46. The highest BCUT2D eigenvalue weighted by Crippen LogP contribution is 2.13. The first-order chi connectivity index (χ1) is 7.84. The van der Waals surface area contributed by atoms with Crippen LogP contribution in [-0.4, -0.2) is 12.3 Å². The van der Waals surface area contributed by atoms with Gasteiger partial charge in [0.2, 0.25) is 0 Å². The summed E-state index contributed by atoms with van der Waals surface area (Å²) in [5.41, 5.74) is 8.42. The molecule has 0 spiro atoms. The van der Waals surface area contributed by atoms with E-state index in [-0.39, 0.29) is 5.78 Å². The number of hydrogen-bond acceptors (Lipinski definition) is 3. The number of hydrogen-bond donors (Lipinski definition) is 2. The first-order valence-corrected chi connectivity index (χ1v) is 5.94. The predicted molar refractivity (Wildman–Crippen MR) is 65.2 cm³/mol. The van der Waals surface area contributed by atoms with Crippen LogP contribution in [0.25, 0.3) is 0 Å². The molecular formula is C13H18N2O. The van der Waals surface area contributed by atoms with Crippen molar-refractivity contribution in [1.29, 1.82) is 0 Å². The summed E-state index contributed by atoms with van der Waals surface area (Å²) in [5, 5.41) is 0. The van der Waals surface area contributed by atoms with E-state index >= 15 is 0 Å². The van der Waals surface area contributed by atoms with Gasteiger partial charge in [-0.1, -0.05) is 18.6 Å². The van der Waals surface area contributed by atoms with Gasteiger partial charge in [0.05, 0.1) is 6.54 Å². The first-order valence-electron chi connectivity index (χ1n) is 5.94. The molecule has 2 bridgehead atoms. The van der Waals surface area contributed by atoms with Gasteiger partial charge in [-0.15, -0.1) is 0 Å². The summed E-state index contributed by atoms with van der Waals surface area (Å²) in [5.74, 6) is 0.282. The lowest BCUT2D eigenvalue weighted by Crippen LogP contribution is -2.28. The molecule has 1 aromatic rings. The second-order valence-corrected chi connectivity index (χ2v) is 4.28. The normalized spacial score (nSPS) is 18.1. The molecule has 0 aliphatic carbocycles.